The number of esters is 2. The normalized spacial score (nSPS) is 17.8. The first-order valence-electron chi connectivity index (χ1n) is 22.7. The van der Waals surface area contributed by atoms with Crippen LogP contribution in [0.25, 0.3) is 11.4 Å². The number of rotatable bonds is 6. The van der Waals surface area contributed by atoms with Gasteiger partial charge in [0.15, 0.2) is 0 Å². The molecule has 2 saturated carbocycles. The van der Waals surface area contributed by atoms with Crippen molar-refractivity contribution in [1.29, 1.82) is 0 Å². The second-order valence-electron chi connectivity index (χ2n) is 19.3. The highest BCUT2D eigenvalue weighted by Crippen LogP contribution is 2.42. The smallest absolute Gasteiger partial charge is 0.410 e. The number of imidazole rings is 1. The van der Waals surface area contributed by atoms with Gasteiger partial charge in [-0.1, -0.05) is 40.9 Å². The van der Waals surface area contributed by atoms with Crippen LogP contribution in [0.4, 0.5) is 9.59 Å². The minimum absolute atomic E-state index is 0.125. The molecule has 3 aromatic rings. The number of fused-ring (bicyclic) bond motifs is 1. The number of aryl methyl sites for hydroxylation is 2. The molecule has 3 heterocycles. The molecule has 7 rings (SSSR count). The lowest BCUT2D eigenvalue weighted by atomic mass is 9.77. The number of ketones is 1. The van der Waals surface area contributed by atoms with Crippen LogP contribution in [-0.2, 0) is 36.6 Å². The number of benzene rings is 2. The Bertz CT molecular complexity index is 2200. The summed E-state index contributed by atoms with van der Waals surface area (Å²) in [6, 6.07) is 7.67. The number of likely N-dealkylation sites (tertiary alicyclic amines) is 1. The van der Waals surface area contributed by atoms with Gasteiger partial charge >= 0.3 is 24.1 Å². The number of nitrogens with one attached hydrogen (secondary N) is 1. The molecule has 2 aromatic carbocycles. The molecule has 354 valence electrons. The third kappa shape index (κ3) is 13.5. The molecule has 0 bridgehead atoms. The molecule has 65 heavy (non-hydrogen) atoms. The Morgan fingerprint density at radius 2 is 1.20 bits per heavy atom. The number of hydrogen-bond donors (Lipinski definition) is 1. The molecule has 1 unspecified atom stereocenters. The van der Waals surface area contributed by atoms with E-state index in [1.165, 1.54) is 32.6 Å². The van der Waals surface area contributed by atoms with E-state index in [-0.39, 0.29) is 34.7 Å². The summed E-state index contributed by atoms with van der Waals surface area (Å²) in [5.41, 5.74) is 7.84. The number of methoxy groups -OCH3 is 2. The van der Waals surface area contributed by atoms with Gasteiger partial charge in [-0.15, -0.1) is 0 Å². The zero-order valence-corrected chi connectivity index (χ0v) is 41.4. The summed E-state index contributed by atoms with van der Waals surface area (Å²) in [6.07, 6.45) is 9.68. The summed E-state index contributed by atoms with van der Waals surface area (Å²) in [5.74, 6) is 1.23. The Morgan fingerprint density at radius 1 is 0.708 bits per heavy atom. The fourth-order valence-corrected chi connectivity index (χ4v) is 8.56. The van der Waals surface area contributed by atoms with Crippen molar-refractivity contribution in [2.24, 2.45) is 0 Å². The molecule has 2 aliphatic carbocycles. The molecule has 1 atom stereocenters. The highest BCUT2D eigenvalue weighted by atomic mass is 79.9. The summed E-state index contributed by atoms with van der Waals surface area (Å²) in [5, 5.41) is 0. The molecule has 1 aromatic heterocycles. The van der Waals surface area contributed by atoms with Crippen LogP contribution < -0.4 is 0 Å². The molecule has 2 amide bonds. The number of ether oxygens (including phenoxy) is 4. The molecule has 14 nitrogen and oxygen atoms in total. The van der Waals surface area contributed by atoms with Crippen LogP contribution in [-0.4, -0.2) is 112 Å². The van der Waals surface area contributed by atoms with E-state index < -0.39 is 11.2 Å². The predicted octanol–water partition coefficient (Wildman–Crippen LogP) is 9.99. The third-order valence-electron chi connectivity index (χ3n) is 12.2. The summed E-state index contributed by atoms with van der Waals surface area (Å²) >= 11 is 3.31. The van der Waals surface area contributed by atoms with Crippen molar-refractivity contribution in [3.05, 3.63) is 74.6 Å². The summed E-state index contributed by atoms with van der Waals surface area (Å²) in [7, 11) is 2.76. The van der Waals surface area contributed by atoms with E-state index in [0.717, 1.165) is 71.4 Å². The first-order valence-corrected chi connectivity index (χ1v) is 23.7. The van der Waals surface area contributed by atoms with E-state index >= 15 is 0 Å². The van der Waals surface area contributed by atoms with Gasteiger partial charge in [-0.3, -0.25) is 9.59 Å². The van der Waals surface area contributed by atoms with Gasteiger partial charge < -0.3 is 33.7 Å². The summed E-state index contributed by atoms with van der Waals surface area (Å²) < 4.78 is 20.5. The average molecular weight is 964 g/mol. The van der Waals surface area contributed by atoms with Crippen molar-refractivity contribution in [2.75, 3.05) is 40.4 Å². The molecular weight excluding hydrogens is 896 g/mol. The SMILES string of the molecule is CC(C)(C)OC(=O)N1CCC(=O)C(Br)CC1.COC(=O)c1cc(-c2nc3c([nH]2)CCN(C(=O)OC(C)(C)C)CC3)c(C2CCC2)cc1C.COC(=O)c1cc(C=O)c(C2CCC2)cc1C. The van der Waals surface area contributed by atoms with Crippen molar-refractivity contribution in [2.45, 2.75) is 147 Å². The number of hydrogen-bond acceptors (Lipinski definition) is 11. The third-order valence-corrected chi connectivity index (χ3v) is 13.1. The molecule has 0 radical (unpaired) electrons. The lowest BCUT2D eigenvalue weighted by Crippen LogP contribution is -2.38. The number of carbonyl (C=O) groups is 6. The standard InChI is InChI=1S/C25H33N3O4.C14H16O3.C11H18BrNO3/c1-15-13-18(16-7-6-8-16)19(14-17(15)23(29)31-5)22-26-20-9-11-28(12-10-21(20)27-22)24(30)32-25(2,3)4;1-9-6-13(10-4-3-5-10)11(8-15)7-12(9)14(16)17-2;1-11(2,3)16-10(15)13-6-4-8(12)9(14)5-7-13/h13-14,16H,6-12H2,1-5H3,(H,26,27);6-8,10H,3-5H2,1-2H3;8H,4-7H2,1-3H3. The second kappa shape index (κ2) is 22.0. The van der Waals surface area contributed by atoms with Crippen LogP contribution in [0.2, 0.25) is 0 Å². The van der Waals surface area contributed by atoms with E-state index in [0.29, 0.717) is 80.4 Å². The zero-order valence-electron chi connectivity index (χ0n) is 39.8. The lowest BCUT2D eigenvalue weighted by Gasteiger charge is -2.28. The quantitative estimate of drug-likeness (QED) is 0.108. The molecule has 15 heteroatoms. The minimum atomic E-state index is -0.510. The van der Waals surface area contributed by atoms with Crippen LogP contribution in [0.5, 0.6) is 0 Å². The van der Waals surface area contributed by atoms with Gasteiger partial charge in [0.1, 0.15) is 29.1 Å². The number of carbonyl (C=O) groups excluding carboxylic acids is 6. The number of alkyl halides is 1. The molecule has 3 fully saturated rings. The Labute approximate surface area is 392 Å². The van der Waals surface area contributed by atoms with Crippen LogP contribution in [0.3, 0.4) is 0 Å². The predicted molar refractivity (Wildman–Crippen MR) is 251 cm³/mol. The molecule has 2 aliphatic heterocycles. The Morgan fingerprint density at radius 3 is 1.71 bits per heavy atom. The number of nitrogens with zero attached hydrogens (tertiary/aromatic N) is 3. The average Bonchev–Trinajstić information content (AvgIpc) is 3.38. The van der Waals surface area contributed by atoms with Gasteiger partial charge in [-0.05, 0) is 134 Å². The number of halogens is 1. The molecule has 1 saturated heterocycles. The second-order valence-corrected chi connectivity index (χ2v) is 20.4. The van der Waals surface area contributed by atoms with E-state index in [2.05, 4.69) is 27.0 Å². The van der Waals surface area contributed by atoms with Gasteiger partial charge in [-0.25, -0.2) is 24.2 Å². The Balaban J connectivity index is 0.000000203. The first kappa shape index (κ1) is 50.9. The van der Waals surface area contributed by atoms with E-state index in [9.17, 15) is 28.8 Å². The Kier molecular flexibility index (Phi) is 17.2. The first-order chi connectivity index (χ1) is 30.6. The van der Waals surface area contributed by atoms with Crippen molar-refractivity contribution < 1.29 is 47.7 Å². The van der Waals surface area contributed by atoms with Crippen LogP contribution >= 0.6 is 15.9 Å². The monoisotopic (exact) mass is 962 g/mol. The number of H-pyrrole nitrogens is 1. The van der Waals surface area contributed by atoms with Crippen molar-refractivity contribution in [3.63, 3.8) is 0 Å². The van der Waals surface area contributed by atoms with E-state index in [4.69, 9.17) is 23.9 Å². The zero-order chi connectivity index (χ0) is 47.8. The van der Waals surface area contributed by atoms with Crippen molar-refractivity contribution >= 4 is 52.1 Å². The summed E-state index contributed by atoms with van der Waals surface area (Å²) in [4.78, 5) is 82.3. The van der Waals surface area contributed by atoms with Gasteiger partial charge in [0.2, 0.25) is 0 Å². The number of aromatic nitrogens is 2. The van der Waals surface area contributed by atoms with Crippen molar-refractivity contribution in [3.8, 4) is 11.4 Å². The fourth-order valence-electron chi connectivity index (χ4n) is 8.12. The maximum Gasteiger partial charge on any atom is 0.410 e. The van der Waals surface area contributed by atoms with Crippen LogP contribution in [0.15, 0.2) is 24.3 Å². The fraction of sp³-hybridized carbons (Fsp3) is 0.580. The Hall–Kier alpha value is -5.05. The topological polar surface area (TPSA) is 174 Å². The number of aromatic amines is 1. The van der Waals surface area contributed by atoms with E-state index in [1.807, 2.05) is 67.5 Å². The molecule has 0 spiro atoms. The van der Waals surface area contributed by atoms with Gasteiger partial charge in [0, 0.05) is 62.3 Å². The van der Waals surface area contributed by atoms with Gasteiger partial charge in [0.25, 0.3) is 0 Å². The number of Topliss-reactive ketones (excluding diaryl/α,β-unsaturated/α-hetero) is 1. The minimum Gasteiger partial charge on any atom is -0.465 e. The largest absolute Gasteiger partial charge is 0.465 e. The lowest BCUT2D eigenvalue weighted by molar-refractivity contribution is -0.118. The highest BCUT2D eigenvalue weighted by molar-refractivity contribution is 9.10. The molecular formula is C50H67BrN4O10. The highest BCUT2D eigenvalue weighted by Gasteiger charge is 2.31. The van der Waals surface area contributed by atoms with Crippen LogP contribution in [0.1, 0.15) is 169 Å². The number of amides is 2. The van der Waals surface area contributed by atoms with Gasteiger partial charge in [-0.2, -0.15) is 0 Å². The van der Waals surface area contributed by atoms with Gasteiger partial charge in [0.05, 0.1) is 35.9 Å². The molecule has 4 aliphatic rings. The van der Waals surface area contributed by atoms with Crippen molar-refractivity contribution in [1.82, 2.24) is 19.8 Å². The molecule has 1 N–H and O–H groups in total. The summed E-state index contributed by atoms with van der Waals surface area (Å²) in [6.45, 7) is 17.2. The van der Waals surface area contributed by atoms with E-state index in [1.54, 1.807) is 15.9 Å². The maximum absolute atomic E-state index is 12.5. The number of aldehydes is 1. The maximum atomic E-state index is 12.5. The van der Waals surface area contributed by atoms with Crippen LogP contribution in [0, 0.1) is 13.8 Å².